The zero-order valence-electron chi connectivity index (χ0n) is 22.1. The Bertz CT molecular complexity index is 1100. The van der Waals surface area contributed by atoms with Gasteiger partial charge in [-0.3, -0.25) is 10.1 Å². The Kier molecular flexibility index (Phi) is 11.4. The molecule has 0 aromatic carbocycles. The number of thiophene rings is 1. The number of alkyl carbamates (subject to hydrolysis) is 1. The number of methoxy groups -OCH3 is 1. The lowest BCUT2D eigenvalue weighted by atomic mass is 9.90. The molecule has 1 saturated carbocycles. The lowest BCUT2D eigenvalue weighted by molar-refractivity contribution is 0.0891. The fraction of sp³-hybridized carbons (Fsp3) is 0.536. The van der Waals surface area contributed by atoms with Gasteiger partial charge >= 0.3 is 11.7 Å². The van der Waals surface area contributed by atoms with Crippen LogP contribution in [0.4, 0.5) is 4.79 Å². The molecule has 1 fully saturated rings. The average Bonchev–Trinajstić information content (AvgIpc) is 3.55. The summed E-state index contributed by atoms with van der Waals surface area (Å²) >= 11 is 1.96. The van der Waals surface area contributed by atoms with Crippen LogP contribution in [0, 0.1) is 24.7 Å². The summed E-state index contributed by atoms with van der Waals surface area (Å²) in [5.74, 6) is 0.104. The summed E-state index contributed by atoms with van der Waals surface area (Å²) in [5.41, 5.74) is -1.10. The molecule has 2 atom stereocenters. The number of aryl methyl sites for hydroxylation is 1. The monoisotopic (exact) mass is 517 g/mol. The first kappa shape index (κ1) is 29.4. The SMILES string of the molecule is COC(=O)N/C=C/CCC(C)c1cc(O)c(C(=O)C(C)C(C)C)c(=O)o1.Cc1ccc(CC2CC2)s1. The Morgan fingerprint density at radius 1 is 1.25 bits per heavy atom. The fourth-order valence-electron chi connectivity index (χ4n) is 3.46. The summed E-state index contributed by atoms with van der Waals surface area (Å²) in [7, 11) is 1.27. The minimum Gasteiger partial charge on any atom is -0.507 e. The van der Waals surface area contributed by atoms with E-state index >= 15 is 0 Å². The Balaban J connectivity index is 0.000000373. The number of nitrogens with one attached hydrogen (secondary N) is 1. The smallest absolute Gasteiger partial charge is 0.410 e. The molecule has 2 unspecified atom stereocenters. The highest BCUT2D eigenvalue weighted by atomic mass is 32.1. The van der Waals surface area contributed by atoms with E-state index in [1.807, 2.05) is 32.1 Å². The predicted octanol–water partition coefficient (Wildman–Crippen LogP) is 6.58. The average molecular weight is 518 g/mol. The second-order valence-electron chi connectivity index (χ2n) is 9.77. The van der Waals surface area contributed by atoms with Crippen molar-refractivity contribution >= 4 is 23.2 Å². The molecule has 0 aliphatic heterocycles. The van der Waals surface area contributed by atoms with Crippen molar-refractivity contribution in [1.29, 1.82) is 0 Å². The maximum Gasteiger partial charge on any atom is 0.410 e. The molecule has 198 valence electrons. The number of hydrogen-bond donors (Lipinski definition) is 2. The van der Waals surface area contributed by atoms with E-state index in [0.29, 0.717) is 18.6 Å². The number of ketones is 1. The minimum atomic E-state index is -0.813. The number of aromatic hydroxyl groups is 1. The van der Waals surface area contributed by atoms with Crippen LogP contribution in [0.2, 0.25) is 0 Å². The molecule has 2 aromatic rings. The van der Waals surface area contributed by atoms with Crippen LogP contribution < -0.4 is 10.9 Å². The van der Waals surface area contributed by atoms with E-state index < -0.39 is 17.5 Å². The van der Waals surface area contributed by atoms with E-state index in [0.717, 1.165) is 5.92 Å². The number of ether oxygens (including phenoxy) is 1. The van der Waals surface area contributed by atoms with Gasteiger partial charge in [-0.25, -0.2) is 9.59 Å². The van der Waals surface area contributed by atoms with Crippen LogP contribution in [0.3, 0.4) is 0 Å². The van der Waals surface area contributed by atoms with E-state index in [2.05, 4.69) is 29.1 Å². The third-order valence-corrected chi connectivity index (χ3v) is 7.37. The molecule has 2 N–H and O–H groups in total. The van der Waals surface area contributed by atoms with Gasteiger partial charge < -0.3 is 14.3 Å². The van der Waals surface area contributed by atoms with Gasteiger partial charge in [-0.1, -0.05) is 33.8 Å². The molecule has 1 aliphatic carbocycles. The van der Waals surface area contributed by atoms with Gasteiger partial charge in [0.1, 0.15) is 17.1 Å². The number of rotatable bonds is 10. The molecule has 8 heteroatoms. The molecule has 0 bridgehead atoms. The summed E-state index contributed by atoms with van der Waals surface area (Å²) in [6, 6.07) is 5.84. The molecule has 2 aromatic heterocycles. The summed E-state index contributed by atoms with van der Waals surface area (Å²) < 4.78 is 9.69. The molecule has 1 aliphatic rings. The fourth-order valence-corrected chi connectivity index (χ4v) is 4.46. The summed E-state index contributed by atoms with van der Waals surface area (Å²) in [4.78, 5) is 38.5. The van der Waals surface area contributed by atoms with Crippen LogP contribution in [0.15, 0.2) is 39.7 Å². The first-order chi connectivity index (χ1) is 17.0. The van der Waals surface area contributed by atoms with Crippen LogP contribution >= 0.6 is 11.3 Å². The number of hydrogen-bond acceptors (Lipinski definition) is 7. The van der Waals surface area contributed by atoms with Crippen LogP contribution in [0.1, 0.15) is 85.2 Å². The van der Waals surface area contributed by atoms with Crippen molar-refractivity contribution in [2.45, 2.75) is 72.6 Å². The molecular formula is C28H39NO6S. The molecule has 36 heavy (non-hydrogen) atoms. The highest BCUT2D eigenvalue weighted by Crippen LogP contribution is 2.34. The van der Waals surface area contributed by atoms with Gasteiger partial charge in [0.15, 0.2) is 5.78 Å². The first-order valence-corrected chi connectivity index (χ1v) is 13.3. The first-order valence-electron chi connectivity index (χ1n) is 12.5. The zero-order valence-corrected chi connectivity index (χ0v) is 22.9. The summed E-state index contributed by atoms with van der Waals surface area (Å²) in [6.45, 7) is 9.50. The third kappa shape index (κ3) is 9.30. The normalized spacial score (nSPS) is 14.8. The Morgan fingerprint density at radius 2 is 1.94 bits per heavy atom. The van der Waals surface area contributed by atoms with Crippen LogP contribution in [-0.4, -0.2) is 24.1 Å². The van der Waals surface area contributed by atoms with Crippen molar-refractivity contribution in [2.75, 3.05) is 7.11 Å². The van der Waals surface area contributed by atoms with Crippen molar-refractivity contribution in [3.8, 4) is 5.75 Å². The van der Waals surface area contributed by atoms with Gasteiger partial charge in [0.25, 0.3) is 0 Å². The van der Waals surface area contributed by atoms with Crippen molar-refractivity contribution in [3.63, 3.8) is 0 Å². The Labute approximate surface area is 217 Å². The van der Waals surface area contributed by atoms with Crippen molar-refractivity contribution in [3.05, 3.63) is 62.0 Å². The summed E-state index contributed by atoms with van der Waals surface area (Å²) in [5, 5.41) is 12.6. The Hall–Kier alpha value is -2.87. The maximum atomic E-state index is 12.4. The van der Waals surface area contributed by atoms with Gasteiger partial charge in [-0.2, -0.15) is 0 Å². The second kappa shape index (κ2) is 14.0. The van der Waals surface area contributed by atoms with Gasteiger partial charge in [-0.15, -0.1) is 11.3 Å². The number of Topliss-reactive ketones (excluding diaryl/α,β-unsaturated/α-hetero) is 1. The number of allylic oxidation sites excluding steroid dienone is 1. The van der Waals surface area contributed by atoms with Gasteiger partial charge in [0, 0.05) is 33.9 Å². The molecule has 0 saturated heterocycles. The minimum absolute atomic E-state index is 0.0466. The highest BCUT2D eigenvalue weighted by molar-refractivity contribution is 7.11. The topological polar surface area (TPSA) is 106 Å². The van der Waals surface area contributed by atoms with Gasteiger partial charge in [-0.05, 0) is 63.0 Å². The lowest BCUT2D eigenvalue weighted by Crippen LogP contribution is -2.24. The predicted molar refractivity (Wildman–Crippen MR) is 143 cm³/mol. The molecular weight excluding hydrogens is 478 g/mol. The molecule has 0 radical (unpaired) electrons. The third-order valence-electron chi connectivity index (χ3n) is 6.35. The number of amides is 1. The van der Waals surface area contributed by atoms with E-state index in [1.165, 1.54) is 43.5 Å². The van der Waals surface area contributed by atoms with E-state index in [-0.39, 0.29) is 29.1 Å². The molecule has 1 amide bonds. The number of carbonyl (C=O) groups excluding carboxylic acids is 2. The molecule has 2 heterocycles. The second-order valence-corrected chi connectivity index (χ2v) is 11.1. The van der Waals surface area contributed by atoms with E-state index in [1.54, 1.807) is 17.9 Å². The van der Waals surface area contributed by atoms with Crippen LogP contribution in [0.25, 0.3) is 0 Å². The maximum absolute atomic E-state index is 12.4. The largest absolute Gasteiger partial charge is 0.507 e. The molecule has 3 rings (SSSR count). The standard InChI is InChI=1S/C19H27NO6.C9H12S/c1-11(2)13(4)17(22)16-14(21)10-15(26-18(16)23)12(3)8-6-7-9-20-19(24)25-5;1-7-2-5-9(10-7)6-8-3-4-8/h7,9-13,21H,6,8H2,1-5H3,(H,20,24);2,5,8H,3-4,6H2,1H3/b9-7+;. The number of carbonyl (C=O) groups is 2. The zero-order chi connectivity index (χ0) is 26.8. The molecule has 7 nitrogen and oxygen atoms in total. The van der Waals surface area contributed by atoms with Crippen molar-refractivity contribution in [1.82, 2.24) is 5.32 Å². The van der Waals surface area contributed by atoms with Crippen LogP contribution in [-0.2, 0) is 11.2 Å². The Morgan fingerprint density at radius 3 is 2.47 bits per heavy atom. The van der Waals surface area contributed by atoms with Crippen molar-refractivity contribution in [2.24, 2.45) is 17.8 Å². The quantitative estimate of drug-likeness (QED) is 0.345. The lowest BCUT2D eigenvalue weighted by Gasteiger charge is -2.15. The van der Waals surface area contributed by atoms with E-state index in [9.17, 15) is 19.5 Å². The van der Waals surface area contributed by atoms with Gasteiger partial charge in [0.2, 0.25) is 0 Å². The van der Waals surface area contributed by atoms with Crippen LogP contribution in [0.5, 0.6) is 5.75 Å². The van der Waals surface area contributed by atoms with E-state index in [4.69, 9.17) is 4.42 Å². The summed E-state index contributed by atoms with van der Waals surface area (Å²) in [6.07, 6.45) is 8.18. The van der Waals surface area contributed by atoms with Gasteiger partial charge in [0.05, 0.1) is 7.11 Å². The van der Waals surface area contributed by atoms with Crippen molar-refractivity contribution < 1.29 is 23.8 Å². The highest BCUT2D eigenvalue weighted by Gasteiger charge is 2.26. The molecule has 0 spiro atoms.